The molecule has 0 spiro atoms. The number of aryl methyl sites for hydroxylation is 1. The van der Waals surface area contributed by atoms with Crippen molar-refractivity contribution in [1.82, 2.24) is 15.2 Å². The second-order valence-electron chi connectivity index (χ2n) is 13.9. The molecule has 0 bridgehead atoms. The van der Waals surface area contributed by atoms with E-state index in [2.05, 4.69) is 56.2 Å². The van der Waals surface area contributed by atoms with Crippen LogP contribution in [0.3, 0.4) is 0 Å². The van der Waals surface area contributed by atoms with Crippen LogP contribution in [0.2, 0.25) is 0 Å². The minimum absolute atomic E-state index is 0.0694. The SMILES string of the molecule is CCOC(=O)[C@@H]1[C@@H](C(C)(C)C)[C@H](NCc2cc(C3CCC3)cnc2OC)[C@H](c2ccccc2C)N1C(=O)C1CCCCC1. The zero-order chi connectivity index (χ0) is 30.7. The molecule has 1 N–H and O–H groups in total. The number of amides is 1. The summed E-state index contributed by atoms with van der Waals surface area (Å²) in [4.78, 5) is 35.2. The van der Waals surface area contributed by atoms with Crippen molar-refractivity contribution in [2.24, 2.45) is 17.3 Å². The largest absolute Gasteiger partial charge is 0.481 e. The van der Waals surface area contributed by atoms with E-state index >= 15 is 0 Å². The van der Waals surface area contributed by atoms with Crippen LogP contribution < -0.4 is 10.1 Å². The van der Waals surface area contributed by atoms with Gasteiger partial charge in [-0.15, -0.1) is 0 Å². The van der Waals surface area contributed by atoms with Crippen molar-refractivity contribution in [3.05, 3.63) is 58.8 Å². The molecule has 0 radical (unpaired) electrons. The van der Waals surface area contributed by atoms with Crippen LogP contribution in [0.5, 0.6) is 5.88 Å². The summed E-state index contributed by atoms with van der Waals surface area (Å²) >= 11 is 0. The van der Waals surface area contributed by atoms with Crippen LogP contribution in [-0.2, 0) is 20.9 Å². The van der Waals surface area contributed by atoms with Crippen molar-refractivity contribution in [2.75, 3.05) is 13.7 Å². The normalized spacial score (nSPS) is 24.9. The lowest BCUT2D eigenvalue weighted by molar-refractivity contribution is -0.158. The Labute approximate surface area is 258 Å². The van der Waals surface area contributed by atoms with Crippen LogP contribution in [0.15, 0.2) is 36.5 Å². The Morgan fingerprint density at radius 3 is 2.37 bits per heavy atom. The van der Waals surface area contributed by atoms with Crippen LogP contribution >= 0.6 is 0 Å². The van der Waals surface area contributed by atoms with Gasteiger partial charge in [-0.25, -0.2) is 9.78 Å². The van der Waals surface area contributed by atoms with Gasteiger partial charge in [0.25, 0.3) is 0 Å². The molecule has 2 aliphatic carbocycles. The van der Waals surface area contributed by atoms with Gasteiger partial charge >= 0.3 is 5.97 Å². The summed E-state index contributed by atoms with van der Waals surface area (Å²) in [7, 11) is 1.67. The van der Waals surface area contributed by atoms with Crippen LogP contribution in [0.25, 0.3) is 0 Å². The van der Waals surface area contributed by atoms with E-state index in [1.54, 1.807) is 7.11 Å². The van der Waals surface area contributed by atoms with Crippen LogP contribution in [0, 0.1) is 24.2 Å². The molecule has 0 unspecified atom stereocenters. The summed E-state index contributed by atoms with van der Waals surface area (Å²) in [6.45, 7) is 11.3. The van der Waals surface area contributed by atoms with E-state index < -0.39 is 6.04 Å². The molecule has 1 saturated heterocycles. The van der Waals surface area contributed by atoms with E-state index in [9.17, 15) is 9.59 Å². The highest BCUT2D eigenvalue weighted by atomic mass is 16.5. The number of hydrogen-bond donors (Lipinski definition) is 1. The Kier molecular flexibility index (Phi) is 9.79. The second-order valence-corrected chi connectivity index (χ2v) is 13.9. The van der Waals surface area contributed by atoms with Gasteiger partial charge in [-0.1, -0.05) is 70.7 Å². The first-order valence-electron chi connectivity index (χ1n) is 16.5. The second kappa shape index (κ2) is 13.4. The molecule has 1 aromatic carbocycles. The predicted octanol–water partition coefficient (Wildman–Crippen LogP) is 6.88. The quantitative estimate of drug-likeness (QED) is 0.321. The molecule has 2 heterocycles. The summed E-state index contributed by atoms with van der Waals surface area (Å²) in [5.41, 5.74) is 4.17. The first-order chi connectivity index (χ1) is 20.7. The molecule has 7 nitrogen and oxygen atoms in total. The first kappa shape index (κ1) is 31.5. The van der Waals surface area contributed by atoms with Crippen molar-refractivity contribution in [3.63, 3.8) is 0 Å². The third kappa shape index (κ3) is 6.47. The van der Waals surface area contributed by atoms with Gasteiger partial charge in [0.15, 0.2) is 0 Å². The molecule has 2 saturated carbocycles. The highest BCUT2D eigenvalue weighted by Gasteiger charge is 2.59. The number of ether oxygens (including phenoxy) is 2. The molecule has 3 aliphatic rings. The molecule has 1 aromatic heterocycles. The Morgan fingerprint density at radius 1 is 1.05 bits per heavy atom. The molecule has 234 valence electrons. The maximum absolute atomic E-state index is 14.6. The van der Waals surface area contributed by atoms with Crippen LogP contribution in [0.4, 0.5) is 0 Å². The topological polar surface area (TPSA) is 80.8 Å². The average molecular weight is 590 g/mol. The zero-order valence-corrected chi connectivity index (χ0v) is 27.0. The van der Waals surface area contributed by atoms with Gasteiger partial charge in [0.05, 0.1) is 19.8 Å². The Morgan fingerprint density at radius 2 is 1.77 bits per heavy atom. The van der Waals surface area contributed by atoms with E-state index in [0.29, 0.717) is 18.3 Å². The minimum Gasteiger partial charge on any atom is -0.481 e. The highest BCUT2D eigenvalue weighted by Crippen LogP contribution is 2.50. The Hall–Kier alpha value is -2.93. The molecule has 7 heteroatoms. The average Bonchev–Trinajstić information content (AvgIpc) is 3.31. The number of carbonyl (C=O) groups excluding carboxylic acids is 2. The van der Waals surface area contributed by atoms with Crippen molar-refractivity contribution in [3.8, 4) is 5.88 Å². The minimum atomic E-state index is -0.683. The van der Waals surface area contributed by atoms with E-state index in [0.717, 1.165) is 48.8 Å². The van der Waals surface area contributed by atoms with Crippen molar-refractivity contribution in [2.45, 2.75) is 117 Å². The lowest BCUT2D eigenvalue weighted by Crippen LogP contribution is -2.50. The molecule has 5 rings (SSSR count). The fourth-order valence-corrected chi connectivity index (χ4v) is 7.77. The maximum atomic E-state index is 14.6. The van der Waals surface area contributed by atoms with Crippen molar-refractivity contribution < 1.29 is 19.1 Å². The summed E-state index contributed by atoms with van der Waals surface area (Å²) in [6, 6.07) is 9.36. The number of likely N-dealkylation sites (tertiary alicyclic amines) is 1. The Balaban J connectivity index is 1.61. The van der Waals surface area contributed by atoms with E-state index in [1.165, 1.54) is 24.8 Å². The van der Waals surface area contributed by atoms with E-state index in [-0.39, 0.29) is 47.8 Å². The summed E-state index contributed by atoms with van der Waals surface area (Å²) in [5.74, 6) is 0.710. The molecule has 2 aromatic rings. The Bertz CT molecular complexity index is 1280. The predicted molar refractivity (Wildman–Crippen MR) is 169 cm³/mol. The number of benzene rings is 1. The molecular formula is C36H51N3O4. The van der Waals surface area contributed by atoms with Crippen LogP contribution in [0.1, 0.15) is 113 Å². The summed E-state index contributed by atoms with van der Waals surface area (Å²) in [5, 5.41) is 3.90. The number of methoxy groups -OCH3 is 1. The van der Waals surface area contributed by atoms with Crippen LogP contribution in [-0.4, -0.2) is 47.6 Å². The third-order valence-electron chi connectivity index (χ3n) is 10.2. The lowest BCUT2D eigenvalue weighted by atomic mass is 9.72. The van der Waals surface area contributed by atoms with Gasteiger partial charge in [-0.2, -0.15) is 0 Å². The van der Waals surface area contributed by atoms with Gasteiger partial charge in [0, 0.05) is 36.2 Å². The first-order valence-corrected chi connectivity index (χ1v) is 16.5. The van der Waals surface area contributed by atoms with Gasteiger partial charge < -0.3 is 19.7 Å². The number of hydrogen-bond acceptors (Lipinski definition) is 6. The fourth-order valence-electron chi connectivity index (χ4n) is 7.77. The molecule has 1 amide bonds. The molecule has 1 aliphatic heterocycles. The number of aromatic nitrogens is 1. The standard InChI is InChI=1S/C36H51N3O4/c1-7-43-35(41)32-29(36(3,4)5)30(37-22-27-20-26(24-17-13-18-24)21-38-33(27)42-6)31(28-19-12-11-14-23(28)2)39(32)34(40)25-15-9-8-10-16-25/h11-12,14,19-21,24-25,29-32,37H,7-10,13,15-18,22H2,1-6H3/t29-,30-,31-,32-/m0/s1. The number of rotatable bonds is 9. The number of carbonyl (C=O) groups is 2. The van der Waals surface area contributed by atoms with Gasteiger partial charge in [-0.3, -0.25) is 4.79 Å². The number of pyridine rings is 1. The number of esters is 1. The molecule has 3 fully saturated rings. The lowest BCUT2D eigenvalue weighted by Gasteiger charge is -2.37. The summed E-state index contributed by atoms with van der Waals surface area (Å²) < 4.78 is 11.5. The maximum Gasteiger partial charge on any atom is 0.329 e. The third-order valence-corrected chi connectivity index (χ3v) is 10.2. The van der Waals surface area contributed by atoms with E-state index in [4.69, 9.17) is 9.47 Å². The smallest absolute Gasteiger partial charge is 0.329 e. The van der Waals surface area contributed by atoms with Gasteiger partial charge in [-0.05, 0) is 73.6 Å². The molecule has 43 heavy (non-hydrogen) atoms. The highest BCUT2D eigenvalue weighted by molar-refractivity contribution is 5.88. The molecular weight excluding hydrogens is 538 g/mol. The zero-order valence-electron chi connectivity index (χ0n) is 27.0. The van der Waals surface area contributed by atoms with Gasteiger partial charge in [0.2, 0.25) is 11.8 Å². The van der Waals surface area contributed by atoms with Gasteiger partial charge in [0.1, 0.15) is 6.04 Å². The number of nitrogens with one attached hydrogen (secondary N) is 1. The fraction of sp³-hybridized carbons (Fsp3) is 0.639. The van der Waals surface area contributed by atoms with Crippen molar-refractivity contribution >= 4 is 11.9 Å². The molecule has 4 atom stereocenters. The summed E-state index contributed by atoms with van der Waals surface area (Å²) in [6.07, 6.45) is 10.6. The monoisotopic (exact) mass is 589 g/mol. The van der Waals surface area contributed by atoms with E-state index in [1.807, 2.05) is 30.2 Å². The number of nitrogens with zero attached hydrogens (tertiary/aromatic N) is 2. The van der Waals surface area contributed by atoms with Crippen molar-refractivity contribution in [1.29, 1.82) is 0 Å².